The van der Waals surface area contributed by atoms with Gasteiger partial charge in [0.1, 0.15) is 11.5 Å². The maximum Gasteiger partial charge on any atom is 0.242 e. The van der Waals surface area contributed by atoms with Crippen LogP contribution < -0.4 is 4.74 Å². The second-order valence-electron chi connectivity index (χ2n) is 4.10. The van der Waals surface area contributed by atoms with Crippen LogP contribution in [0.15, 0.2) is 42.6 Å². The first kappa shape index (κ1) is 13.1. The SMILES string of the molecule is Fc1ccc(F)c(Oc2nc3ccccn3c2CBr)c1. The average molecular weight is 339 g/mol. The molecule has 0 fully saturated rings. The third-order valence-corrected chi connectivity index (χ3v) is 3.35. The molecule has 2 aromatic heterocycles. The summed E-state index contributed by atoms with van der Waals surface area (Å²) in [5, 5.41) is 0.477. The minimum atomic E-state index is -0.635. The molecule has 0 amide bonds. The van der Waals surface area contributed by atoms with Crippen LogP contribution in [0.2, 0.25) is 0 Å². The largest absolute Gasteiger partial charge is 0.434 e. The van der Waals surface area contributed by atoms with E-state index in [4.69, 9.17) is 4.74 Å². The van der Waals surface area contributed by atoms with E-state index in [1.165, 1.54) is 0 Å². The van der Waals surface area contributed by atoms with Crippen LogP contribution in [0.1, 0.15) is 5.69 Å². The van der Waals surface area contributed by atoms with E-state index in [0.717, 1.165) is 23.9 Å². The molecule has 1 aromatic carbocycles. The maximum atomic E-state index is 13.6. The minimum absolute atomic E-state index is 0.185. The second-order valence-corrected chi connectivity index (χ2v) is 4.66. The first-order chi connectivity index (χ1) is 9.69. The van der Waals surface area contributed by atoms with Crippen LogP contribution >= 0.6 is 15.9 Å². The standard InChI is InChI=1S/C14H9BrF2N2O/c15-8-11-14(18-13-3-1-2-6-19(11)13)20-12-7-9(16)4-5-10(12)17/h1-7H,8H2. The zero-order valence-corrected chi connectivity index (χ0v) is 11.8. The Bertz CT molecular complexity index is 773. The fourth-order valence-corrected chi connectivity index (χ4v) is 2.40. The van der Waals surface area contributed by atoms with E-state index < -0.39 is 11.6 Å². The first-order valence-corrected chi connectivity index (χ1v) is 6.96. The topological polar surface area (TPSA) is 26.5 Å². The Labute approximate surface area is 122 Å². The van der Waals surface area contributed by atoms with Crippen molar-refractivity contribution >= 4 is 21.6 Å². The predicted molar refractivity (Wildman–Crippen MR) is 74.3 cm³/mol. The zero-order valence-electron chi connectivity index (χ0n) is 10.2. The fourth-order valence-electron chi connectivity index (χ4n) is 1.89. The first-order valence-electron chi connectivity index (χ1n) is 5.84. The number of imidazole rings is 1. The Hall–Kier alpha value is -1.95. The summed E-state index contributed by atoms with van der Waals surface area (Å²) >= 11 is 3.35. The van der Waals surface area contributed by atoms with Gasteiger partial charge in [0.2, 0.25) is 5.88 Å². The molecule has 3 rings (SSSR count). The summed E-state index contributed by atoms with van der Waals surface area (Å²) < 4.78 is 34.0. The number of ether oxygens (including phenoxy) is 1. The molecule has 0 radical (unpaired) electrons. The van der Waals surface area contributed by atoms with Gasteiger partial charge in [0.15, 0.2) is 11.6 Å². The van der Waals surface area contributed by atoms with E-state index >= 15 is 0 Å². The van der Waals surface area contributed by atoms with E-state index in [0.29, 0.717) is 11.0 Å². The highest BCUT2D eigenvalue weighted by molar-refractivity contribution is 9.08. The van der Waals surface area contributed by atoms with E-state index in [1.54, 1.807) is 6.07 Å². The van der Waals surface area contributed by atoms with Crippen LogP contribution in [0, 0.1) is 11.6 Å². The van der Waals surface area contributed by atoms with E-state index in [1.807, 2.05) is 22.7 Å². The molecular weight excluding hydrogens is 330 g/mol. The zero-order chi connectivity index (χ0) is 14.1. The fraction of sp³-hybridized carbons (Fsp3) is 0.0714. The van der Waals surface area contributed by atoms with Gasteiger partial charge in [-0.15, -0.1) is 0 Å². The summed E-state index contributed by atoms with van der Waals surface area (Å²) in [6.07, 6.45) is 1.83. The van der Waals surface area contributed by atoms with Gasteiger partial charge in [-0.1, -0.05) is 22.0 Å². The molecule has 3 aromatic rings. The molecule has 0 aliphatic rings. The molecule has 20 heavy (non-hydrogen) atoms. The number of rotatable bonds is 3. The molecule has 0 N–H and O–H groups in total. The predicted octanol–water partition coefficient (Wildman–Crippen LogP) is 4.30. The Morgan fingerprint density at radius 3 is 2.85 bits per heavy atom. The molecule has 0 aliphatic carbocycles. The lowest BCUT2D eigenvalue weighted by atomic mass is 10.3. The highest BCUT2D eigenvalue weighted by atomic mass is 79.9. The van der Waals surface area contributed by atoms with Gasteiger partial charge in [-0.25, -0.2) is 8.78 Å². The summed E-state index contributed by atoms with van der Waals surface area (Å²) in [4.78, 5) is 4.27. The third-order valence-electron chi connectivity index (χ3n) is 2.82. The van der Waals surface area contributed by atoms with Crippen molar-refractivity contribution in [1.29, 1.82) is 0 Å². The molecule has 0 atom stereocenters. The van der Waals surface area contributed by atoms with Crippen molar-refractivity contribution in [3.8, 4) is 11.6 Å². The summed E-state index contributed by atoms with van der Waals surface area (Å²) in [7, 11) is 0. The van der Waals surface area contributed by atoms with Crippen molar-refractivity contribution in [2.45, 2.75) is 5.33 Å². The van der Waals surface area contributed by atoms with Crippen molar-refractivity contribution in [3.05, 3.63) is 59.9 Å². The number of alkyl halides is 1. The molecule has 102 valence electrons. The molecule has 0 saturated heterocycles. The molecular formula is C14H9BrF2N2O. The Balaban J connectivity index is 2.08. The van der Waals surface area contributed by atoms with Gasteiger partial charge < -0.3 is 4.74 Å². The number of halogens is 3. The number of hydrogen-bond acceptors (Lipinski definition) is 2. The lowest BCUT2D eigenvalue weighted by Crippen LogP contribution is -1.94. The van der Waals surface area contributed by atoms with Gasteiger partial charge in [0.05, 0.1) is 5.69 Å². The lowest BCUT2D eigenvalue weighted by Gasteiger charge is -2.05. The smallest absolute Gasteiger partial charge is 0.242 e. The number of aromatic nitrogens is 2. The van der Waals surface area contributed by atoms with E-state index in [2.05, 4.69) is 20.9 Å². The van der Waals surface area contributed by atoms with Crippen LogP contribution in [0.4, 0.5) is 8.78 Å². The van der Waals surface area contributed by atoms with Gasteiger partial charge in [0, 0.05) is 17.6 Å². The quantitative estimate of drug-likeness (QED) is 0.665. The highest BCUT2D eigenvalue weighted by Gasteiger charge is 2.15. The molecule has 0 aliphatic heterocycles. The molecule has 0 unspecified atom stereocenters. The Kier molecular flexibility index (Phi) is 3.40. The lowest BCUT2D eigenvalue weighted by molar-refractivity contribution is 0.421. The number of fused-ring (bicyclic) bond motifs is 1. The average Bonchev–Trinajstić information content (AvgIpc) is 2.80. The monoisotopic (exact) mass is 338 g/mol. The minimum Gasteiger partial charge on any atom is -0.434 e. The van der Waals surface area contributed by atoms with Crippen LogP contribution in [-0.4, -0.2) is 9.38 Å². The molecule has 3 nitrogen and oxygen atoms in total. The third kappa shape index (κ3) is 2.27. The Morgan fingerprint density at radius 1 is 1.20 bits per heavy atom. The maximum absolute atomic E-state index is 13.6. The highest BCUT2D eigenvalue weighted by Crippen LogP contribution is 2.29. The second kappa shape index (κ2) is 5.20. The van der Waals surface area contributed by atoms with Gasteiger partial charge in [-0.05, 0) is 24.3 Å². The van der Waals surface area contributed by atoms with Crippen LogP contribution in [0.25, 0.3) is 5.65 Å². The molecule has 0 spiro atoms. The van der Waals surface area contributed by atoms with Gasteiger partial charge >= 0.3 is 0 Å². The van der Waals surface area contributed by atoms with Gasteiger partial charge in [-0.3, -0.25) is 4.40 Å². The Morgan fingerprint density at radius 2 is 2.05 bits per heavy atom. The summed E-state index contributed by atoms with van der Waals surface area (Å²) in [6, 6.07) is 8.56. The van der Waals surface area contributed by atoms with Crippen LogP contribution in [0.5, 0.6) is 11.6 Å². The molecule has 0 saturated carbocycles. The van der Waals surface area contributed by atoms with E-state index in [-0.39, 0.29) is 11.6 Å². The van der Waals surface area contributed by atoms with Crippen molar-refractivity contribution in [3.63, 3.8) is 0 Å². The number of nitrogens with zero attached hydrogens (tertiary/aromatic N) is 2. The van der Waals surface area contributed by atoms with Gasteiger partial charge in [0.25, 0.3) is 0 Å². The van der Waals surface area contributed by atoms with Gasteiger partial charge in [-0.2, -0.15) is 4.98 Å². The number of pyridine rings is 1. The molecule has 2 heterocycles. The van der Waals surface area contributed by atoms with Crippen LogP contribution in [-0.2, 0) is 5.33 Å². The van der Waals surface area contributed by atoms with Crippen molar-refractivity contribution < 1.29 is 13.5 Å². The summed E-state index contributed by atoms with van der Waals surface area (Å²) in [5.74, 6) is -1.14. The molecule has 6 heteroatoms. The normalized spacial score (nSPS) is 10.9. The van der Waals surface area contributed by atoms with Crippen molar-refractivity contribution in [2.24, 2.45) is 0 Å². The van der Waals surface area contributed by atoms with Crippen molar-refractivity contribution in [2.75, 3.05) is 0 Å². The van der Waals surface area contributed by atoms with E-state index in [9.17, 15) is 8.78 Å². The number of benzene rings is 1. The van der Waals surface area contributed by atoms with Crippen LogP contribution in [0.3, 0.4) is 0 Å². The summed E-state index contributed by atoms with van der Waals surface area (Å²) in [6.45, 7) is 0. The van der Waals surface area contributed by atoms with Crippen molar-refractivity contribution in [1.82, 2.24) is 9.38 Å². The summed E-state index contributed by atoms with van der Waals surface area (Å²) in [5.41, 5.74) is 1.40. The molecule has 0 bridgehead atoms. The number of hydrogen-bond donors (Lipinski definition) is 0.